The van der Waals surface area contributed by atoms with E-state index in [2.05, 4.69) is 4.98 Å². The van der Waals surface area contributed by atoms with Crippen LogP contribution in [0.5, 0.6) is 5.88 Å². The number of ether oxygens (including phenoxy) is 1. The predicted molar refractivity (Wildman–Crippen MR) is 82.4 cm³/mol. The Morgan fingerprint density at radius 1 is 1.36 bits per heavy atom. The first-order valence-corrected chi connectivity index (χ1v) is 8.12. The molecule has 1 aromatic rings. The molecule has 2 fully saturated rings. The normalized spacial score (nSPS) is 22.2. The van der Waals surface area contributed by atoms with Gasteiger partial charge in [0.1, 0.15) is 6.10 Å². The van der Waals surface area contributed by atoms with E-state index in [0.717, 1.165) is 25.7 Å². The highest BCUT2D eigenvalue weighted by molar-refractivity contribution is 5.77. The molecule has 5 nitrogen and oxygen atoms in total. The first-order valence-electron chi connectivity index (χ1n) is 8.12. The first kappa shape index (κ1) is 15.3. The molecule has 0 bridgehead atoms. The minimum Gasteiger partial charge on any atom is -0.474 e. The van der Waals surface area contributed by atoms with Crippen LogP contribution in [0.1, 0.15) is 39.0 Å². The summed E-state index contributed by atoms with van der Waals surface area (Å²) in [5.74, 6) is 1.01. The minimum atomic E-state index is -0.835. The van der Waals surface area contributed by atoms with Gasteiger partial charge in [-0.1, -0.05) is 6.07 Å². The Hall–Kier alpha value is -1.62. The Bertz CT molecular complexity index is 506. The summed E-state index contributed by atoms with van der Waals surface area (Å²) in [6, 6.07) is 5.62. The molecule has 1 aliphatic heterocycles. The first-order chi connectivity index (χ1) is 10.5. The van der Waals surface area contributed by atoms with Gasteiger partial charge in [0.2, 0.25) is 11.8 Å². The number of carbonyl (C=O) groups is 1. The molecular formula is C17H24N2O3. The average Bonchev–Trinajstić information content (AvgIpc) is 3.34. The van der Waals surface area contributed by atoms with Gasteiger partial charge in [0.25, 0.3) is 0 Å². The molecule has 1 unspecified atom stereocenters. The Morgan fingerprint density at radius 3 is 2.68 bits per heavy atom. The van der Waals surface area contributed by atoms with Gasteiger partial charge >= 0.3 is 0 Å². The van der Waals surface area contributed by atoms with Crippen molar-refractivity contribution in [2.75, 3.05) is 13.1 Å². The fraction of sp³-hybridized carbons (Fsp3) is 0.647. The third-order valence-electron chi connectivity index (χ3n) is 4.69. The Morgan fingerprint density at radius 2 is 2.09 bits per heavy atom. The molecular weight excluding hydrogens is 280 g/mol. The fourth-order valence-corrected chi connectivity index (χ4v) is 3.08. The average molecular weight is 304 g/mol. The lowest BCUT2D eigenvalue weighted by molar-refractivity contribution is -0.138. The molecule has 1 saturated heterocycles. The van der Waals surface area contributed by atoms with Crippen molar-refractivity contribution in [1.82, 2.24) is 9.88 Å². The Labute approximate surface area is 131 Å². The molecule has 2 aliphatic rings. The summed E-state index contributed by atoms with van der Waals surface area (Å²) in [6.45, 7) is 3.17. The largest absolute Gasteiger partial charge is 0.474 e. The van der Waals surface area contributed by atoms with Crippen molar-refractivity contribution in [2.45, 2.75) is 50.7 Å². The van der Waals surface area contributed by atoms with Gasteiger partial charge in [0.15, 0.2) is 0 Å². The van der Waals surface area contributed by atoms with Gasteiger partial charge in [-0.25, -0.2) is 4.98 Å². The molecule has 0 radical (unpaired) electrons. The van der Waals surface area contributed by atoms with Crippen LogP contribution in [0, 0.1) is 5.92 Å². The van der Waals surface area contributed by atoms with Crippen LogP contribution in [0.4, 0.5) is 0 Å². The summed E-state index contributed by atoms with van der Waals surface area (Å²) >= 11 is 0. The maximum atomic E-state index is 12.3. The molecule has 22 heavy (non-hydrogen) atoms. The van der Waals surface area contributed by atoms with Crippen molar-refractivity contribution >= 4 is 5.91 Å². The van der Waals surface area contributed by atoms with Crippen LogP contribution in [0.25, 0.3) is 0 Å². The SMILES string of the molecule is CC(O)(CC(=O)N1CCC(Oc2ccccn2)CC1)C1CC1. The lowest BCUT2D eigenvalue weighted by Crippen LogP contribution is -2.45. The number of amides is 1. The second-order valence-corrected chi connectivity index (χ2v) is 6.67. The maximum Gasteiger partial charge on any atom is 0.225 e. The second kappa shape index (κ2) is 6.24. The van der Waals surface area contributed by atoms with Crippen molar-refractivity contribution in [3.05, 3.63) is 24.4 Å². The van der Waals surface area contributed by atoms with Crippen molar-refractivity contribution in [3.8, 4) is 5.88 Å². The quantitative estimate of drug-likeness (QED) is 0.904. The van der Waals surface area contributed by atoms with Gasteiger partial charge in [-0.2, -0.15) is 0 Å². The van der Waals surface area contributed by atoms with Gasteiger partial charge in [0.05, 0.1) is 12.0 Å². The van der Waals surface area contributed by atoms with E-state index in [1.54, 1.807) is 13.1 Å². The van der Waals surface area contributed by atoms with Crippen molar-refractivity contribution in [2.24, 2.45) is 5.92 Å². The molecule has 0 aromatic carbocycles. The van der Waals surface area contributed by atoms with Crippen LogP contribution in [0.2, 0.25) is 0 Å². The predicted octanol–water partition coefficient (Wildman–Crippen LogP) is 2.00. The number of nitrogens with zero attached hydrogens (tertiary/aromatic N) is 2. The molecule has 1 saturated carbocycles. The third kappa shape index (κ3) is 3.77. The second-order valence-electron chi connectivity index (χ2n) is 6.67. The monoisotopic (exact) mass is 304 g/mol. The van der Waals surface area contributed by atoms with E-state index in [-0.39, 0.29) is 18.4 Å². The van der Waals surface area contributed by atoms with E-state index in [1.165, 1.54) is 0 Å². The number of carbonyl (C=O) groups excluding carboxylic acids is 1. The summed E-state index contributed by atoms with van der Waals surface area (Å²) in [4.78, 5) is 18.3. The fourth-order valence-electron chi connectivity index (χ4n) is 3.08. The van der Waals surface area contributed by atoms with Crippen LogP contribution >= 0.6 is 0 Å². The molecule has 1 amide bonds. The minimum absolute atomic E-state index is 0.0631. The van der Waals surface area contributed by atoms with E-state index < -0.39 is 5.60 Å². The van der Waals surface area contributed by atoms with E-state index in [0.29, 0.717) is 24.9 Å². The van der Waals surface area contributed by atoms with Crippen molar-refractivity contribution in [1.29, 1.82) is 0 Å². The molecule has 1 aliphatic carbocycles. The van der Waals surface area contributed by atoms with Crippen LogP contribution < -0.4 is 4.74 Å². The number of piperidine rings is 1. The van der Waals surface area contributed by atoms with Crippen LogP contribution in [-0.4, -0.2) is 45.7 Å². The van der Waals surface area contributed by atoms with Gasteiger partial charge in [-0.3, -0.25) is 4.79 Å². The summed E-state index contributed by atoms with van der Waals surface area (Å²) in [6.07, 6.45) is 5.78. The standard InChI is InChI=1S/C17H24N2O3/c1-17(21,13-5-6-13)12-16(20)19-10-7-14(8-11-19)22-15-4-2-3-9-18-15/h2-4,9,13-14,21H,5-8,10-12H2,1H3. The highest BCUT2D eigenvalue weighted by Gasteiger charge is 2.42. The summed E-state index contributed by atoms with van der Waals surface area (Å²) in [7, 11) is 0. The van der Waals surface area contributed by atoms with Crippen molar-refractivity contribution < 1.29 is 14.6 Å². The van der Waals surface area contributed by atoms with Crippen LogP contribution in [0.3, 0.4) is 0 Å². The molecule has 0 spiro atoms. The Balaban J connectivity index is 1.46. The molecule has 1 N–H and O–H groups in total. The summed E-state index contributed by atoms with van der Waals surface area (Å²) in [5, 5.41) is 10.3. The zero-order chi connectivity index (χ0) is 15.6. The highest BCUT2D eigenvalue weighted by Crippen LogP contribution is 2.41. The van der Waals surface area contributed by atoms with E-state index in [1.807, 2.05) is 23.1 Å². The van der Waals surface area contributed by atoms with Gasteiger partial charge < -0.3 is 14.7 Å². The molecule has 1 aromatic heterocycles. The molecule has 120 valence electrons. The number of pyridine rings is 1. The zero-order valence-corrected chi connectivity index (χ0v) is 13.1. The van der Waals surface area contributed by atoms with Crippen LogP contribution in [0.15, 0.2) is 24.4 Å². The summed E-state index contributed by atoms with van der Waals surface area (Å²) < 4.78 is 5.83. The smallest absolute Gasteiger partial charge is 0.225 e. The van der Waals surface area contributed by atoms with E-state index in [9.17, 15) is 9.90 Å². The number of hydrogen-bond donors (Lipinski definition) is 1. The molecule has 3 rings (SSSR count). The molecule has 2 heterocycles. The summed E-state index contributed by atoms with van der Waals surface area (Å²) in [5.41, 5.74) is -0.835. The van der Waals surface area contributed by atoms with Gasteiger partial charge in [0, 0.05) is 38.2 Å². The number of aliphatic hydroxyl groups is 1. The Kier molecular flexibility index (Phi) is 4.34. The van der Waals surface area contributed by atoms with Crippen molar-refractivity contribution in [3.63, 3.8) is 0 Å². The van der Waals surface area contributed by atoms with Crippen LogP contribution in [-0.2, 0) is 4.79 Å². The number of likely N-dealkylation sites (tertiary alicyclic amines) is 1. The lowest BCUT2D eigenvalue weighted by Gasteiger charge is -2.34. The zero-order valence-electron chi connectivity index (χ0n) is 13.1. The topological polar surface area (TPSA) is 62.7 Å². The van der Waals surface area contributed by atoms with E-state index >= 15 is 0 Å². The number of hydrogen-bond acceptors (Lipinski definition) is 4. The number of rotatable bonds is 5. The lowest BCUT2D eigenvalue weighted by atomic mass is 9.95. The third-order valence-corrected chi connectivity index (χ3v) is 4.69. The maximum absolute atomic E-state index is 12.3. The van der Waals surface area contributed by atoms with E-state index in [4.69, 9.17) is 4.74 Å². The highest BCUT2D eigenvalue weighted by atomic mass is 16.5. The van der Waals surface area contributed by atoms with Gasteiger partial charge in [-0.05, 0) is 31.7 Å². The number of aromatic nitrogens is 1. The molecule has 5 heteroatoms. The molecule has 1 atom stereocenters. The van der Waals surface area contributed by atoms with Gasteiger partial charge in [-0.15, -0.1) is 0 Å².